The molecule has 20 nitrogen and oxygen atoms in total. The van der Waals surface area contributed by atoms with Gasteiger partial charge >= 0.3 is 0 Å². The van der Waals surface area contributed by atoms with E-state index in [-0.39, 0.29) is 66.1 Å². The molecule has 7 heterocycles. The van der Waals surface area contributed by atoms with E-state index in [1.165, 1.54) is 0 Å². The fraction of sp³-hybridized carbons (Fsp3) is 0.886. The predicted molar refractivity (Wildman–Crippen MR) is 244 cm³/mol. The molecule has 2 N–H and O–H groups in total. The second-order valence-electron chi connectivity index (χ2n) is 17.5. The molecule has 0 saturated carbocycles. The van der Waals surface area contributed by atoms with Crippen LogP contribution in [0.5, 0.6) is 0 Å². The molecule has 7 aliphatic rings. The number of hydrogen-bond donors (Lipinski definition) is 2. The highest BCUT2D eigenvalue weighted by Crippen LogP contribution is 2.14. The van der Waals surface area contributed by atoms with E-state index in [1.54, 1.807) is 25.9 Å². The second kappa shape index (κ2) is 32.1. The number of piperazine rings is 1. The molecule has 7 aliphatic heterocycles. The lowest BCUT2D eigenvalue weighted by molar-refractivity contribution is -0.141. The van der Waals surface area contributed by atoms with Crippen molar-refractivity contribution in [2.45, 2.75) is 63.3 Å². The molecular weight excluding hydrogens is 831 g/mol. The Bertz CT molecular complexity index is 1360. The largest absolute Gasteiger partial charge is 0.395 e. The molecule has 7 saturated heterocycles. The third-order valence-electron chi connectivity index (χ3n) is 12.2. The van der Waals surface area contributed by atoms with Crippen molar-refractivity contribution < 1.29 is 52.8 Å². The quantitative estimate of drug-likeness (QED) is 0.295. The van der Waals surface area contributed by atoms with E-state index in [1.807, 2.05) is 68.8 Å². The summed E-state index contributed by atoms with van der Waals surface area (Å²) in [6.07, 6.45) is 2.92. The highest BCUT2D eigenvalue weighted by molar-refractivity contribution is 5.84. The summed E-state index contributed by atoms with van der Waals surface area (Å²) in [6.45, 7) is 19.0. The second-order valence-corrected chi connectivity index (χ2v) is 17.5. The van der Waals surface area contributed by atoms with Crippen molar-refractivity contribution in [2.75, 3.05) is 195 Å². The standard InChI is InChI=1S/C10H18N2O2.C8H16N2O2.C8H15NO2.C7H13NO2.C6H13NO2.C5H10N2O/c1-11-6-7-14-8-9(11)10(13)12-4-2-3-5-12;1-9(2)8(11)7-6-12-5-4-10(7)3;1-3-8(10)7-6-11-5-4-9(7)2;1-6(9)7-5-10-4-3-8(7)2;1-7-2-3-9-5-6(7)4-8;1-7-3-2-6-5(8)4-7/h9H,2-8H2,1H3;7H,4-6H2,1-3H3;7H,3-6H2,1-2H3;7H,3-5H2,1-2H3;6,8H,2-5H2,1H3;2-4H2,1H3,(H,6,8). The first-order valence-corrected chi connectivity index (χ1v) is 23.0. The van der Waals surface area contributed by atoms with Crippen LogP contribution in [0.25, 0.3) is 0 Å². The molecule has 7 fully saturated rings. The zero-order chi connectivity index (χ0) is 47.6. The number of nitrogens with zero attached hydrogens (tertiary/aromatic N) is 8. The summed E-state index contributed by atoms with van der Waals surface area (Å²) in [6, 6.07) is 0.0943. The summed E-state index contributed by atoms with van der Waals surface area (Å²) < 4.78 is 26.1. The lowest BCUT2D eigenvalue weighted by Crippen LogP contribution is -2.52. The van der Waals surface area contributed by atoms with Crippen LogP contribution >= 0.6 is 0 Å². The highest BCUT2D eigenvalue weighted by atomic mass is 16.5. The van der Waals surface area contributed by atoms with Gasteiger partial charge in [-0.15, -0.1) is 0 Å². The average molecular weight is 916 g/mol. The number of hydrogen-bond acceptors (Lipinski definition) is 17. The van der Waals surface area contributed by atoms with Gasteiger partial charge in [-0.2, -0.15) is 0 Å². The number of nitrogens with one attached hydrogen (secondary N) is 1. The minimum atomic E-state index is -0.0891. The Labute approximate surface area is 383 Å². The Kier molecular flexibility index (Phi) is 28.7. The molecule has 5 unspecified atom stereocenters. The maximum Gasteiger partial charge on any atom is 0.242 e. The SMILES string of the molecule is CC(=O)C1COCCN1C.CCC(=O)C1COCCN1C.CN(C)C(=O)C1COCCN1C.CN1CCNC(=O)C1.CN1CCOCC1C(=O)N1CCCC1.CN1CCOCC1CO. The summed E-state index contributed by atoms with van der Waals surface area (Å²) in [4.78, 5) is 72.1. The monoisotopic (exact) mass is 916 g/mol. The molecular formula is C44H85N9O11. The number of rotatable bonds is 6. The van der Waals surface area contributed by atoms with Gasteiger partial charge < -0.3 is 43.9 Å². The molecule has 0 aliphatic carbocycles. The fourth-order valence-electron chi connectivity index (χ4n) is 7.41. The third kappa shape index (κ3) is 21.3. The number of morpholine rings is 5. The first-order valence-electron chi connectivity index (χ1n) is 23.0. The molecule has 0 bridgehead atoms. The van der Waals surface area contributed by atoms with Gasteiger partial charge in [-0.1, -0.05) is 6.92 Å². The van der Waals surface area contributed by atoms with Crippen LogP contribution in [0.1, 0.15) is 33.1 Å². The van der Waals surface area contributed by atoms with Gasteiger partial charge in [0.15, 0.2) is 5.78 Å². The minimum absolute atomic E-state index is 0.00579. The zero-order valence-corrected chi connectivity index (χ0v) is 41.0. The van der Waals surface area contributed by atoms with Crippen LogP contribution in [0.2, 0.25) is 0 Å². The molecule has 20 heteroatoms. The molecule has 0 radical (unpaired) electrons. The molecule has 372 valence electrons. The van der Waals surface area contributed by atoms with E-state index in [2.05, 4.69) is 20.0 Å². The molecule has 64 heavy (non-hydrogen) atoms. The molecule has 0 aromatic heterocycles. The number of ether oxygens (including phenoxy) is 5. The average Bonchev–Trinajstić information content (AvgIpc) is 3.83. The lowest BCUT2D eigenvalue weighted by atomic mass is 10.1. The molecule has 0 aromatic carbocycles. The van der Waals surface area contributed by atoms with Gasteiger partial charge in [0.1, 0.15) is 17.9 Å². The van der Waals surface area contributed by atoms with Gasteiger partial charge in [-0.05, 0) is 62.1 Å². The third-order valence-corrected chi connectivity index (χ3v) is 12.2. The number of likely N-dealkylation sites (N-methyl/N-ethyl adjacent to an activating group) is 7. The number of likely N-dealkylation sites (tertiary alicyclic amines) is 1. The summed E-state index contributed by atoms with van der Waals surface area (Å²) in [5.74, 6) is 0.995. The molecule has 3 amide bonds. The van der Waals surface area contributed by atoms with Crippen molar-refractivity contribution in [3.05, 3.63) is 0 Å². The maximum atomic E-state index is 12.0. The number of Topliss-reactive ketones (excluding diaryl/α,β-unsaturated/α-hetero) is 2. The number of aliphatic hydroxyl groups is 1. The molecule has 7 rings (SSSR count). The summed E-state index contributed by atoms with van der Waals surface area (Å²) in [7, 11) is 15.4. The minimum Gasteiger partial charge on any atom is -0.395 e. The number of carbonyl (C=O) groups is 5. The Morgan fingerprint density at radius 3 is 1.41 bits per heavy atom. The Morgan fingerprint density at radius 1 is 0.625 bits per heavy atom. The van der Waals surface area contributed by atoms with E-state index < -0.39 is 0 Å². The predicted octanol–water partition coefficient (Wildman–Crippen LogP) is -2.10. The van der Waals surface area contributed by atoms with E-state index in [9.17, 15) is 24.0 Å². The smallest absolute Gasteiger partial charge is 0.242 e. The van der Waals surface area contributed by atoms with E-state index in [4.69, 9.17) is 28.8 Å². The van der Waals surface area contributed by atoms with Crippen LogP contribution < -0.4 is 5.32 Å². The van der Waals surface area contributed by atoms with E-state index >= 15 is 0 Å². The number of amides is 3. The Morgan fingerprint density at radius 2 is 1.06 bits per heavy atom. The highest BCUT2D eigenvalue weighted by Gasteiger charge is 2.32. The molecule has 0 aromatic rings. The summed E-state index contributed by atoms with van der Waals surface area (Å²) >= 11 is 0. The van der Waals surface area contributed by atoms with Crippen LogP contribution in [0.4, 0.5) is 0 Å². The number of ketones is 2. The number of aliphatic hydroxyl groups excluding tert-OH is 1. The van der Waals surface area contributed by atoms with Crippen LogP contribution in [-0.4, -0.2) is 298 Å². The van der Waals surface area contributed by atoms with E-state index in [0.717, 1.165) is 105 Å². The topological polar surface area (TPSA) is 190 Å². The van der Waals surface area contributed by atoms with Crippen LogP contribution in [0.15, 0.2) is 0 Å². The Hall–Kier alpha value is -2.73. The molecule has 5 atom stereocenters. The van der Waals surface area contributed by atoms with Gasteiger partial charge in [0, 0.05) is 79.4 Å². The van der Waals surface area contributed by atoms with Crippen molar-refractivity contribution in [1.29, 1.82) is 0 Å². The Balaban J connectivity index is 0.000000266. The van der Waals surface area contributed by atoms with Crippen molar-refractivity contribution in [1.82, 2.24) is 44.5 Å². The van der Waals surface area contributed by atoms with E-state index in [0.29, 0.717) is 46.0 Å². The van der Waals surface area contributed by atoms with Gasteiger partial charge in [0.05, 0.1) is 97.3 Å². The lowest BCUT2D eigenvalue weighted by Gasteiger charge is -2.33. The molecule has 0 spiro atoms. The van der Waals surface area contributed by atoms with Crippen LogP contribution in [0.3, 0.4) is 0 Å². The van der Waals surface area contributed by atoms with Crippen molar-refractivity contribution in [2.24, 2.45) is 0 Å². The van der Waals surface area contributed by atoms with Gasteiger partial charge in [0.2, 0.25) is 17.7 Å². The van der Waals surface area contributed by atoms with Gasteiger partial charge in [-0.3, -0.25) is 53.4 Å². The first kappa shape index (κ1) is 57.4. The van der Waals surface area contributed by atoms with Crippen LogP contribution in [0, 0.1) is 0 Å². The maximum absolute atomic E-state index is 12.0. The number of carbonyl (C=O) groups excluding carboxylic acids is 5. The first-order chi connectivity index (χ1) is 30.5. The summed E-state index contributed by atoms with van der Waals surface area (Å²) in [5.41, 5.74) is 0. The fourth-order valence-corrected chi connectivity index (χ4v) is 7.41. The normalized spacial score (nSPS) is 27.5. The van der Waals surface area contributed by atoms with Gasteiger partial charge in [-0.25, -0.2) is 0 Å². The van der Waals surface area contributed by atoms with Crippen molar-refractivity contribution in [3.63, 3.8) is 0 Å². The summed E-state index contributed by atoms with van der Waals surface area (Å²) in [5, 5.41) is 11.5. The van der Waals surface area contributed by atoms with Gasteiger partial charge in [0.25, 0.3) is 0 Å². The zero-order valence-electron chi connectivity index (χ0n) is 41.0. The van der Waals surface area contributed by atoms with Crippen LogP contribution in [-0.2, 0) is 47.7 Å². The van der Waals surface area contributed by atoms with Crippen molar-refractivity contribution >= 4 is 29.3 Å². The van der Waals surface area contributed by atoms with Crippen molar-refractivity contribution in [3.8, 4) is 0 Å².